The molecule has 2 fully saturated rings. The fraction of sp³-hybridized carbons (Fsp3) is 0.462. The second-order valence-electron chi connectivity index (χ2n) is 9.03. The molecule has 2 unspecified atom stereocenters. The van der Waals surface area contributed by atoms with Gasteiger partial charge in [-0.2, -0.15) is 0 Å². The molecule has 0 bridgehead atoms. The molecular formula is C26H33N3O4. The molecule has 2 aromatic rings. The summed E-state index contributed by atoms with van der Waals surface area (Å²) in [5, 5.41) is 0. The van der Waals surface area contributed by atoms with Crippen molar-refractivity contribution in [1.82, 2.24) is 14.7 Å². The molecule has 0 spiro atoms. The maximum Gasteiger partial charge on any atom is 0.253 e. The van der Waals surface area contributed by atoms with E-state index in [4.69, 9.17) is 9.47 Å². The van der Waals surface area contributed by atoms with Gasteiger partial charge in [0.25, 0.3) is 5.91 Å². The van der Waals surface area contributed by atoms with E-state index in [9.17, 15) is 9.59 Å². The van der Waals surface area contributed by atoms with Crippen molar-refractivity contribution in [2.75, 3.05) is 60.5 Å². The maximum atomic E-state index is 13.7. The monoisotopic (exact) mass is 451 g/mol. The number of carbonyl (C=O) groups excluding carboxylic acids is 2. The molecule has 2 aliphatic rings. The fourth-order valence-electron chi connectivity index (χ4n) is 4.80. The number of rotatable bonds is 5. The van der Waals surface area contributed by atoms with E-state index >= 15 is 0 Å². The van der Waals surface area contributed by atoms with Gasteiger partial charge in [0.05, 0.1) is 20.1 Å². The largest absolute Gasteiger partial charge is 0.497 e. The van der Waals surface area contributed by atoms with Gasteiger partial charge in [0.15, 0.2) is 0 Å². The number of hydrogen-bond acceptors (Lipinski definition) is 5. The molecular weight excluding hydrogens is 418 g/mol. The van der Waals surface area contributed by atoms with Crippen LogP contribution < -0.4 is 9.47 Å². The van der Waals surface area contributed by atoms with Crippen molar-refractivity contribution in [1.29, 1.82) is 0 Å². The average Bonchev–Trinajstić information content (AvgIpc) is 3.29. The zero-order chi connectivity index (χ0) is 23.5. The summed E-state index contributed by atoms with van der Waals surface area (Å²) < 4.78 is 11.1. The van der Waals surface area contributed by atoms with Crippen LogP contribution in [0, 0.1) is 12.8 Å². The van der Waals surface area contributed by atoms with Crippen molar-refractivity contribution in [3.63, 3.8) is 0 Å². The Morgan fingerprint density at radius 2 is 1.58 bits per heavy atom. The minimum absolute atomic E-state index is 0.0458. The van der Waals surface area contributed by atoms with Crippen LogP contribution in [0.1, 0.15) is 27.4 Å². The molecule has 33 heavy (non-hydrogen) atoms. The average molecular weight is 452 g/mol. The van der Waals surface area contributed by atoms with Gasteiger partial charge < -0.3 is 24.2 Å². The highest BCUT2D eigenvalue weighted by molar-refractivity contribution is 5.95. The van der Waals surface area contributed by atoms with E-state index < -0.39 is 0 Å². The van der Waals surface area contributed by atoms with Gasteiger partial charge in [-0.25, -0.2) is 0 Å². The van der Waals surface area contributed by atoms with Gasteiger partial charge in [-0.15, -0.1) is 0 Å². The van der Waals surface area contributed by atoms with Crippen LogP contribution in [0.2, 0.25) is 0 Å². The summed E-state index contributed by atoms with van der Waals surface area (Å²) in [5.74, 6) is 0.981. The number of methoxy groups -OCH3 is 2. The third-order valence-corrected chi connectivity index (χ3v) is 6.87. The summed E-state index contributed by atoms with van der Waals surface area (Å²) >= 11 is 0. The Labute approximate surface area is 195 Å². The summed E-state index contributed by atoms with van der Waals surface area (Å²) in [7, 11) is 5.33. The predicted octanol–water partition coefficient (Wildman–Crippen LogP) is 2.64. The summed E-state index contributed by atoms with van der Waals surface area (Å²) in [6.45, 7) is 5.98. The first-order chi connectivity index (χ1) is 15.9. The topological polar surface area (TPSA) is 62.3 Å². The number of piperazine rings is 1. The first-order valence-electron chi connectivity index (χ1n) is 11.5. The number of amides is 2. The zero-order valence-corrected chi connectivity index (χ0v) is 19.9. The lowest BCUT2D eigenvalue weighted by atomic mass is 9.87. The third-order valence-electron chi connectivity index (χ3n) is 6.87. The Bertz CT molecular complexity index is 999. The molecule has 2 amide bonds. The fourth-order valence-corrected chi connectivity index (χ4v) is 4.80. The second kappa shape index (κ2) is 9.83. The highest BCUT2D eigenvalue weighted by atomic mass is 16.5. The Morgan fingerprint density at radius 1 is 0.879 bits per heavy atom. The van der Waals surface area contributed by atoms with E-state index in [1.165, 1.54) is 0 Å². The number of carbonyl (C=O) groups is 2. The van der Waals surface area contributed by atoms with Crippen molar-refractivity contribution >= 4 is 11.8 Å². The van der Waals surface area contributed by atoms with E-state index in [2.05, 4.69) is 11.9 Å². The van der Waals surface area contributed by atoms with Crippen LogP contribution in [0.5, 0.6) is 11.5 Å². The minimum Gasteiger partial charge on any atom is -0.497 e. The smallest absolute Gasteiger partial charge is 0.253 e. The first-order valence-corrected chi connectivity index (χ1v) is 11.5. The number of aryl methyl sites for hydroxylation is 1. The highest BCUT2D eigenvalue weighted by Crippen LogP contribution is 2.40. The van der Waals surface area contributed by atoms with Crippen molar-refractivity contribution in [3.05, 3.63) is 59.2 Å². The van der Waals surface area contributed by atoms with E-state index in [0.717, 1.165) is 24.2 Å². The SMILES string of the molecule is COc1ccc(OC)c(C2CN(C(=O)c3ccc(C)cc3)CC2C(=O)N2CCN(C)CC2)c1. The number of ether oxygens (including phenoxy) is 2. The molecule has 0 saturated carbocycles. The molecule has 7 nitrogen and oxygen atoms in total. The molecule has 2 aliphatic heterocycles. The summed E-state index contributed by atoms with van der Waals surface area (Å²) in [5.41, 5.74) is 2.66. The Balaban J connectivity index is 1.66. The van der Waals surface area contributed by atoms with Crippen molar-refractivity contribution in [3.8, 4) is 11.5 Å². The quantitative estimate of drug-likeness (QED) is 0.700. The standard InChI is InChI=1S/C26H33N3O4/c1-18-5-7-19(8-6-18)25(30)29-16-22(21-15-20(32-3)9-10-24(21)33-4)23(17-29)26(31)28-13-11-27(2)12-14-28/h5-10,15,22-23H,11-14,16-17H2,1-4H3. The number of hydrogen-bond donors (Lipinski definition) is 0. The lowest BCUT2D eigenvalue weighted by molar-refractivity contribution is -0.137. The highest BCUT2D eigenvalue weighted by Gasteiger charge is 2.43. The minimum atomic E-state index is -0.330. The number of nitrogens with zero attached hydrogens (tertiary/aromatic N) is 3. The van der Waals surface area contributed by atoms with E-state index in [1.54, 1.807) is 14.2 Å². The van der Waals surface area contributed by atoms with Crippen molar-refractivity contribution in [2.24, 2.45) is 5.92 Å². The van der Waals surface area contributed by atoms with Gasteiger partial charge in [0.2, 0.25) is 5.91 Å². The number of likely N-dealkylation sites (N-methyl/N-ethyl adjacent to an activating group) is 1. The number of benzene rings is 2. The van der Waals surface area contributed by atoms with Crippen LogP contribution in [0.25, 0.3) is 0 Å². The third kappa shape index (κ3) is 4.83. The van der Waals surface area contributed by atoms with E-state index in [1.807, 2.05) is 59.2 Å². The predicted molar refractivity (Wildman–Crippen MR) is 127 cm³/mol. The van der Waals surface area contributed by atoms with Crippen LogP contribution >= 0.6 is 0 Å². The summed E-state index contributed by atoms with van der Waals surface area (Å²) in [6, 6.07) is 13.3. The molecule has 2 aromatic carbocycles. The van der Waals surface area contributed by atoms with Gasteiger partial charge in [-0.3, -0.25) is 9.59 Å². The van der Waals surface area contributed by atoms with Gasteiger partial charge in [-0.05, 0) is 44.3 Å². The lowest BCUT2D eigenvalue weighted by Crippen LogP contribution is -2.50. The first kappa shape index (κ1) is 23.1. The van der Waals surface area contributed by atoms with Crippen molar-refractivity contribution in [2.45, 2.75) is 12.8 Å². The zero-order valence-electron chi connectivity index (χ0n) is 19.9. The molecule has 7 heteroatoms. The molecule has 2 atom stereocenters. The molecule has 0 N–H and O–H groups in total. The number of likely N-dealkylation sites (tertiary alicyclic amines) is 1. The molecule has 176 valence electrons. The molecule has 0 radical (unpaired) electrons. The van der Waals surface area contributed by atoms with E-state index in [0.29, 0.717) is 43.2 Å². The molecule has 4 rings (SSSR count). The van der Waals surface area contributed by atoms with Gasteiger partial charge in [0, 0.05) is 56.3 Å². The Kier molecular flexibility index (Phi) is 6.88. The molecule has 0 aliphatic carbocycles. The van der Waals surface area contributed by atoms with Crippen LogP contribution in [-0.2, 0) is 4.79 Å². The molecule has 2 heterocycles. The Hall–Kier alpha value is -3.06. The van der Waals surface area contributed by atoms with Crippen LogP contribution in [0.4, 0.5) is 0 Å². The maximum absolute atomic E-state index is 13.7. The summed E-state index contributed by atoms with van der Waals surface area (Å²) in [6.07, 6.45) is 0. The lowest BCUT2D eigenvalue weighted by Gasteiger charge is -2.35. The van der Waals surface area contributed by atoms with Crippen molar-refractivity contribution < 1.29 is 19.1 Å². The molecule has 0 aromatic heterocycles. The van der Waals surface area contributed by atoms with E-state index in [-0.39, 0.29) is 23.7 Å². The second-order valence-corrected chi connectivity index (χ2v) is 9.03. The van der Waals surface area contributed by atoms with Crippen LogP contribution in [-0.4, -0.2) is 87.0 Å². The van der Waals surface area contributed by atoms with Gasteiger partial charge >= 0.3 is 0 Å². The van der Waals surface area contributed by atoms with Gasteiger partial charge in [-0.1, -0.05) is 17.7 Å². The van der Waals surface area contributed by atoms with Crippen LogP contribution in [0.15, 0.2) is 42.5 Å². The Morgan fingerprint density at radius 3 is 2.21 bits per heavy atom. The van der Waals surface area contributed by atoms with Gasteiger partial charge in [0.1, 0.15) is 11.5 Å². The normalized spacial score (nSPS) is 21.2. The summed E-state index contributed by atoms with van der Waals surface area (Å²) in [4.78, 5) is 33.0. The van der Waals surface area contributed by atoms with Crippen LogP contribution in [0.3, 0.4) is 0 Å². The molecule has 2 saturated heterocycles.